The van der Waals surface area contributed by atoms with Crippen molar-refractivity contribution in [1.29, 1.82) is 0 Å². The summed E-state index contributed by atoms with van der Waals surface area (Å²) in [4.78, 5) is 23.5. The van der Waals surface area contributed by atoms with E-state index in [1.807, 2.05) is 0 Å². The molecule has 0 unspecified atom stereocenters. The summed E-state index contributed by atoms with van der Waals surface area (Å²) in [6.07, 6.45) is 0. The molecule has 0 amide bonds. The lowest BCUT2D eigenvalue weighted by Crippen LogP contribution is -2.31. The van der Waals surface area contributed by atoms with Crippen molar-refractivity contribution in [1.82, 2.24) is 0 Å². The predicted octanol–water partition coefficient (Wildman–Crippen LogP) is 3.96. The van der Waals surface area contributed by atoms with Crippen molar-refractivity contribution >= 4 is 31.1 Å². The molecule has 178 valence electrons. The number of non-ortho nitro benzene ring substituents is 1. The molecule has 0 aliphatic heterocycles. The summed E-state index contributed by atoms with van der Waals surface area (Å²) in [6, 6.07) is 16.7. The molecule has 0 saturated carbocycles. The van der Waals surface area contributed by atoms with E-state index >= 15 is 0 Å². The number of nitro benzene ring substituents is 1. The maximum Gasteiger partial charge on any atom is 0.269 e. The van der Waals surface area contributed by atoms with E-state index < -0.39 is 47.8 Å². The fourth-order valence-electron chi connectivity index (χ4n) is 3.40. The van der Waals surface area contributed by atoms with Gasteiger partial charge in [-0.2, -0.15) is 0 Å². The van der Waals surface area contributed by atoms with Crippen LogP contribution in [0.25, 0.3) is 0 Å². The van der Waals surface area contributed by atoms with E-state index in [1.54, 1.807) is 38.1 Å². The smallest absolute Gasteiger partial charge is 0.269 e. The van der Waals surface area contributed by atoms with Gasteiger partial charge in [-0.15, -0.1) is 0 Å². The average Bonchev–Trinajstić information content (AvgIpc) is 2.78. The van der Waals surface area contributed by atoms with Gasteiger partial charge in [-0.25, -0.2) is 16.8 Å². The fraction of sp³-hybridized carbons (Fsp3) is 0.208. The number of carbonyl (C=O) groups excluding carboxylic acids is 1. The molecule has 0 radical (unpaired) electrons. The molecule has 0 saturated heterocycles. The van der Waals surface area contributed by atoms with Crippen molar-refractivity contribution in [3.8, 4) is 0 Å². The number of nitro groups is 1. The Balaban J connectivity index is 1.99. The van der Waals surface area contributed by atoms with Gasteiger partial charge in [-0.1, -0.05) is 35.4 Å². The lowest BCUT2D eigenvalue weighted by atomic mass is 10.0. The highest BCUT2D eigenvalue weighted by molar-refractivity contribution is 7.92. The Morgan fingerprint density at radius 2 is 1.12 bits per heavy atom. The molecule has 10 heteroatoms. The van der Waals surface area contributed by atoms with Gasteiger partial charge < -0.3 is 0 Å². The molecule has 0 aromatic heterocycles. The largest absolute Gasteiger partial charge is 0.294 e. The third-order valence-electron chi connectivity index (χ3n) is 5.33. The first-order chi connectivity index (χ1) is 15.9. The maximum atomic E-state index is 13.3. The molecule has 0 spiro atoms. The lowest BCUT2D eigenvalue weighted by Gasteiger charge is -2.17. The standard InChI is InChI=1S/C24H23NO7S2/c1-17-3-11-22(12-4-17)33(29,30)15-20(16-34(31,32)23-13-5-18(2)6-14-23)24(26)19-7-9-21(10-8-19)25(27)28/h3-14,20H,15-16H2,1-2H3. The third-order valence-corrected chi connectivity index (χ3v) is 9.00. The van der Waals surface area contributed by atoms with E-state index in [1.165, 1.54) is 36.4 Å². The summed E-state index contributed by atoms with van der Waals surface area (Å²) in [5, 5.41) is 10.9. The van der Waals surface area contributed by atoms with Gasteiger partial charge in [-0.05, 0) is 50.2 Å². The number of hydrogen-bond acceptors (Lipinski definition) is 7. The van der Waals surface area contributed by atoms with Gasteiger partial charge in [0.15, 0.2) is 25.5 Å². The van der Waals surface area contributed by atoms with Gasteiger partial charge in [0.05, 0.1) is 32.1 Å². The van der Waals surface area contributed by atoms with Crippen molar-refractivity contribution in [2.45, 2.75) is 23.6 Å². The van der Waals surface area contributed by atoms with Crippen LogP contribution in [0.2, 0.25) is 0 Å². The molecular weight excluding hydrogens is 478 g/mol. The van der Waals surface area contributed by atoms with Gasteiger partial charge in [-0.3, -0.25) is 14.9 Å². The summed E-state index contributed by atoms with van der Waals surface area (Å²) in [6.45, 7) is 3.59. The Kier molecular flexibility index (Phi) is 7.32. The first kappa shape index (κ1) is 25.3. The third kappa shape index (κ3) is 5.95. The summed E-state index contributed by atoms with van der Waals surface area (Å²) in [5.41, 5.74) is 1.44. The molecule has 0 aliphatic carbocycles. The lowest BCUT2D eigenvalue weighted by molar-refractivity contribution is -0.384. The van der Waals surface area contributed by atoms with Crippen molar-refractivity contribution in [2.75, 3.05) is 11.5 Å². The number of carbonyl (C=O) groups is 1. The van der Waals surface area contributed by atoms with Crippen LogP contribution in [0.15, 0.2) is 82.6 Å². The van der Waals surface area contributed by atoms with Crippen LogP contribution in [0, 0.1) is 29.9 Å². The molecule has 3 rings (SSSR count). The molecule has 34 heavy (non-hydrogen) atoms. The van der Waals surface area contributed by atoms with Crippen LogP contribution < -0.4 is 0 Å². The highest BCUT2D eigenvalue weighted by atomic mass is 32.2. The first-order valence-electron chi connectivity index (χ1n) is 10.3. The minimum Gasteiger partial charge on any atom is -0.294 e. The second kappa shape index (κ2) is 9.86. The molecule has 0 heterocycles. The van der Waals surface area contributed by atoms with Crippen molar-refractivity contribution in [3.05, 3.63) is 99.6 Å². The van der Waals surface area contributed by atoms with Gasteiger partial charge in [0, 0.05) is 17.7 Å². The molecule has 3 aromatic carbocycles. The Morgan fingerprint density at radius 3 is 1.47 bits per heavy atom. The molecule has 0 atom stereocenters. The molecule has 0 bridgehead atoms. The van der Waals surface area contributed by atoms with E-state index in [9.17, 15) is 31.7 Å². The van der Waals surface area contributed by atoms with E-state index in [4.69, 9.17) is 0 Å². The van der Waals surface area contributed by atoms with Crippen molar-refractivity contribution in [3.63, 3.8) is 0 Å². The Labute approximate surface area is 198 Å². The Hall–Kier alpha value is -3.37. The number of nitrogens with zero attached hydrogens (tertiary/aromatic N) is 1. The molecule has 8 nitrogen and oxygen atoms in total. The maximum absolute atomic E-state index is 13.3. The molecule has 3 aromatic rings. The number of ketones is 1. The SMILES string of the molecule is Cc1ccc(S(=O)(=O)CC(CS(=O)(=O)c2ccc(C)cc2)C(=O)c2ccc([N+](=O)[O-])cc2)cc1. The van der Waals surface area contributed by atoms with Crippen LogP contribution >= 0.6 is 0 Å². The second-order valence-electron chi connectivity index (χ2n) is 8.05. The number of sulfone groups is 2. The van der Waals surface area contributed by atoms with Crippen LogP contribution in [0.5, 0.6) is 0 Å². The summed E-state index contributed by atoms with van der Waals surface area (Å²) >= 11 is 0. The molecule has 0 N–H and O–H groups in total. The van der Waals surface area contributed by atoms with Crippen LogP contribution in [0.3, 0.4) is 0 Å². The van der Waals surface area contributed by atoms with Gasteiger partial charge in [0.2, 0.25) is 0 Å². The molecule has 0 fully saturated rings. The Morgan fingerprint density at radius 1 is 0.735 bits per heavy atom. The monoisotopic (exact) mass is 501 g/mol. The topological polar surface area (TPSA) is 128 Å². The molecular formula is C24H23NO7S2. The zero-order valence-electron chi connectivity index (χ0n) is 18.5. The van der Waals surface area contributed by atoms with Crippen molar-refractivity contribution in [2.24, 2.45) is 5.92 Å². The van der Waals surface area contributed by atoms with Crippen molar-refractivity contribution < 1.29 is 26.6 Å². The minimum atomic E-state index is -4.01. The van der Waals surface area contributed by atoms with Crippen LogP contribution in [-0.4, -0.2) is 39.0 Å². The van der Waals surface area contributed by atoms with Crippen LogP contribution in [0.1, 0.15) is 21.5 Å². The van der Waals surface area contributed by atoms with E-state index in [-0.39, 0.29) is 21.0 Å². The van der Waals surface area contributed by atoms with Crippen LogP contribution in [-0.2, 0) is 19.7 Å². The summed E-state index contributed by atoms with van der Waals surface area (Å²) < 4.78 is 52.3. The van der Waals surface area contributed by atoms with Gasteiger partial charge >= 0.3 is 0 Å². The zero-order chi connectivity index (χ0) is 25.1. The number of aryl methyl sites for hydroxylation is 2. The van der Waals surface area contributed by atoms with E-state index in [2.05, 4.69) is 0 Å². The Bertz CT molecular complexity index is 1330. The average molecular weight is 502 g/mol. The number of Topliss-reactive ketones (excluding diaryl/α,β-unsaturated/α-hetero) is 1. The highest BCUT2D eigenvalue weighted by Gasteiger charge is 2.33. The first-order valence-corrected chi connectivity index (χ1v) is 13.6. The summed E-state index contributed by atoms with van der Waals surface area (Å²) in [5.74, 6) is -3.59. The molecule has 0 aliphatic rings. The predicted molar refractivity (Wildman–Crippen MR) is 127 cm³/mol. The number of benzene rings is 3. The zero-order valence-corrected chi connectivity index (χ0v) is 20.2. The van der Waals surface area contributed by atoms with Crippen LogP contribution in [0.4, 0.5) is 5.69 Å². The number of hydrogen-bond donors (Lipinski definition) is 0. The normalized spacial score (nSPS) is 12.0. The van der Waals surface area contributed by atoms with E-state index in [0.29, 0.717) is 0 Å². The fourth-order valence-corrected chi connectivity index (χ4v) is 6.63. The number of rotatable bonds is 9. The quantitative estimate of drug-likeness (QED) is 0.247. The second-order valence-corrected chi connectivity index (χ2v) is 12.1. The van der Waals surface area contributed by atoms with E-state index in [0.717, 1.165) is 23.3 Å². The highest BCUT2D eigenvalue weighted by Crippen LogP contribution is 2.24. The minimum absolute atomic E-state index is 0.00573. The van der Waals surface area contributed by atoms with Gasteiger partial charge in [0.1, 0.15) is 0 Å². The van der Waals surface area contributed by atoms with Gasteiger partial charge in [0.25, 0.3) is 5.69 Å². The summed E-state index contributed by atoms with van der Waals surface area (Å²) in [7, 11) is -8.01.